The summed E-state index contributed by atoms with van der Waals surface area (Å²) in [5, 5.41) is 12.5. The predicted octanol–water partition coefficient (Wildman–Crippen LogP) is 2.23. The summed E-state index contributed by atoms with van der Waals surface area (Å²) in [5.74, 6) is -0.997. The number of amides is 2. The molecule has 2 N–H and O–H groups in total. The molecule has 1 aliphatic heterocycles. The van der Waals surface area contributed by atoms with Gasteiger partial charge in [0.25, 0.3) is 0 Å². The monoisotopic (exact) mass is 311 g/mol. The Bertz CT molecular complexity index is 548. The van der Waals surface area contributed by atoms with Crippen molar-refractivity contribution in [2.45, 2.75) is 20.8 Å². The van der Waals surface area contributed by atoms with Crippen molar-refractivity contribution < 1.29 is 14.7 Å². The molecule has 116 valence electrons. The first-order chi connectivity index (χ1) is 9.93. The molecule has 1 aliphatic rings. The van der Waals surface area contributed by atoms with E-state index in [9.17, 15) is 14.7 Å². The Kier molecular flexibility index (Phi) is 4.84. The average molecular weight is 311 g/mol. The lowest BCUT2D eigenvalue weighted by Crippen LogP contribution is -2.49. The van der Waals surface area contributed by atoms with E-state index in [2.05, 4.69) is 17.1 Å². The topological polar surface area (TPSA) is 72.9 Å². The summed E-state index contributed by atoms with van der Waals surface area (Å²) in [5.41, 5.74) is 0.927. The molecule has 0 saturated carbocycles. The van der Waals surface area contributed by atoms with Gasteiger partial charge in [0.2, 0.25) is 0 Å². The van der Waals surface area contributed by atoms with Crippen LogP contribution < -0.4 is 5.32 Å². The van der Waals surface area contributed by atoms with Crippen molar-refractivity contribution in [1.29, 1.82) is 0 Å². The number of rotatable bonds is 3. The van der Waals surface area contributed by atoms with Crippen molar-refractivity contribution in [3.05, 3.63) is 16.0 Å². The third-order valence-corrected chi connectivity index (χ3v) is 5.05. The first kappa shape index (κ1) is 15.8. The highest BCUT2D eigenvalue weighted by Crippen LogP contribution is 2.32. The molecule has 0 radical (unpaired) electrons. The molecular weight excluding hydrogens is 290 g/mol. The number of aryl methyl sites for hydroxylation is 1. The van der Waals surface area contributed by atoms with Crippen LogP contribution in [0.25, 0.3) is 0 Å². The van der Waals surface area contributed by atoms with Crippen LogP contribution >= 0.6 is 11.3 Å². The van der Waals surface area contributed by atoms with Crippen LogP contribution in [0.15, 0.2) is 0 Å². The first-order valence-electron chi connectivity index (χ1n) is 7.05. The quantitative estimate of drug-likeness (QED) is 0.898. The molecule has 0 spiro atoms. The maximum Gasteiger partial charge on any atom is 0.338 e. The minimum absolute atomic E-state index is 0.207. The second kappa shape index (κ2) is 6.44. The van der Waals surface area contributed by atoms with E-state index < -0.39 is 5.97 Å². The van der Waals surface area contributed by atoms with Gasteiger partial charge >= 0.3 is 12.0 Å². The normalized spacial score (nSPS) is 16.0. The summed E-state index contributed by atoms with van der Waals surface area (Å²) in [6, 6.07) is -0.213. The molecule has 0 atom stereocenters. The molecule has 7 heteroatoms. The van der Waals surface area contributed by atoms with Gasteiger partial charge in [0, 0.05) is 31.1 Å². The number of urea groups is 1. The van der Waals surface area contributed by atoms with E-state index in [0.717, 1.165) is 30.1 Å². The standard InChI is InChI=1S/C14H21N3O3S/c1-4-16-5-7-17(8-6-16)14(20)15-12-11(13(18)19)9(2)10(3)21-12/h4-8H2,1-3H3,(H,15,20)(H,18,19). The number of carboxylic acid groups (broad SMARTS) is 1. The molecule has 1 aromatic heterocycles. The molecule has 0 unspecified atom stereocenters. The highest BCUT2D eigenvalue weighted by atomic mass is 32.1. The van der Waals surface area contributed by atoms with Crippen LogP contribution in [0.4, 0.5) is 9.80 Å². The van der Waals surface area contributed by atoms with Crippen molar-refractivity contribution in [3.63, 3.8) is 0 Å². The van der Waals surface area contributed by atoms with Gasteiger partial charge in [-0.3, -0.25) is 5.32 Å². The summed E-state index contributed by atoms with van der Waals surface area (Å²) >= 11 is 1.32. The molecule has 2 rings (SSSR count). The summed E-state index contributed by atoms with van der Waals surface area (Å²) in [6.45, 7) is 9.79. The zero-order valence-electron chi connectivity index (χ0n) is 12.6. The number of hydrogen-bond donors (Lipinski definition) is 2. The van der Waals surface area contributed by atoms with Crippen LogP contribution in [0.3, 0.4) is 0 Å². The minimum atomic E-state index is -0.997. The molecule has 0 aromatic carbocycles. The number of anilines is 1. The van der Waals surface area contributed by atoms with Gasteiger partial charge in [0.15, 0.2) is 0 Å². The van der Waals surface area contributed by atoms with Crippen LogP contribution in [0.1, 0.15) is 27.7 Å². The fraction of sp³-hybridized carbons (Fsp3) is 0.571. The number of carboxylic acids is 1. The van der Waals surface area contributed by atoms with Gasteiger partial charge in [0.05, 0.1) is 5.56 Å². The van der Waals surface area contributed by atoms with Gasteiger partial charge in [-0.25, -0.2) is 9.59 Å². The van der Waals surface area contributed by atoms with Gasteiger partial charge < -0.3 is 14.9 Å². The second-order valence-electron chi connectivity index (χ2n) is 5.14. The van der Waals surface area contributed by atoms with Gasteiger partial charge in [-0.15, -0.1) is 11.3 Å². The minimum Gasteiger partial charge on any atom is -0.478 e. The van der Waals surface area contributed by atoms with Crippen LogP contribution in [0.2, 0.25) is 0 Å². The lowest BCUT2D eigenvalue weighted by Gasteiger charge is -2.33. The van der Waals surface area contributed by atoms with E-state index in [0.29, 0.717) is 18.1 Å². The highest BCUT2D eigenvalue weighted by Gasteiger charge is 2.24. The largest absolute Gasteiger partial charge is 0.478 e. The maximum atomic E-state index is 12.3. The molecule has 0 aliphatic carbocycles. The Balaban J connectivity index is 2.07. The zero-order chi connectivity index (χ0) is 15.6. The third kappa shape index (κ3) is 3.36. The van der Waals surface area contributed by atoms with E-state index >= 15 is 0 Å². The van der Waals surface area contributed by atoms with Crippen molar-refractivity contribution in [2.75, 3.05) is 38.0 Å². The summed E-state index contributed by atoms with van der Waals surface area (Å²) in [6.07, 6.45) is 0. The number of piperazine rings is 1. The molecular formula is C14H21N3O3S. The molecule has 1 saturated heterocycles. The van der Waals surface area contributed by atoms with Gasteiger partial charge in [-0.1, -0.05) is 6.92 Å². The average Bonchev–Trinajstić information content (AvgIpc) is 2.73. The third-order valence-electron chi connectivity index (χ3n) is 3.93. The summed E-state index contributed by atoms with van der Waals surface area (Å²) in [7, 11) is 0. The highest BCUT2D eigenvalue weighted by molar-refractivity contribution is 7.16. The molecule has 1 aromatic rings. The van der Waals surface area contributed by atoms with Crippen LogP contribution in [-0.4, -0.2) is 59.6 Å². The number of likely N-dealkylation sites (N-methyl/N-ethyl adjacent to an activating group) is 1. The van der Waals surface area contributed by atoms with Crippen LogP contribution in [0, 0.1) is 13.8 Å². The lowest BCUT2D eigenvalue weighted by molar-refractivity contribution is 0.0697. The van der Waals surface area contributed by atoms with Crippen molar-refractivity contribution >= 4 is 28.3 Å². The fourth-order valence-corrected chi connectivity index (χ4v) is 3.46. The zero-order valence-corrected chi connectivity index (χ0v) is 13.4. The summed E-state index contributed by atoms with van der Waals surface area (Å²) in [4.78, 5) is 28.5. The number of carbonyl (C=O) groups excluding carboxylic acids is 1. The van der Waals surface area contributed by atoms with Crippen molar-refractivity contribution in [1.82, 2.24) is 9.80 Å². The Morgan fingerprint density at radius 3 is 2.38 bits per heavy atom. The lowest BCUT2D eigenvalue weighted by atomic mass is 10.1. The van der Waals surface area contributed by atoms with E-state index in [-0.39, 0.29) is 11.6 Å². The molecule has 6 nitrogen and oxygen atoms in total. The molecule has 0 bridgehead atoms. The Hall–Kier alpha value is -1.60. The van der Waals surface area contributed by atoms with Crippen LogP contribution in [0.5, 0.6) is 0 Å². The SMILES string of the molecule is CCN1CCN(C(=O)Nc2sc(C)c(C)c2C(=O)O)CC1. The van der Waals surface area contributed by atoms with Gasteiger partial charge in [0.1, 0.15) is 5.00 Å². The number of carbonyl (C=O) groups is 2. The number of thiophene rings is 1. The molecule has 2 heterocycles. The second-order valence-corrected chi connectivity index (χ2v) is 6.37. The fourth-order valence-electron chi connectivity index (χ4n) is 2.42. The van der Waals surface area contributed by atoms with Crippen LogP contribution in [-0.2, 0) is 0 Å². The number of aromatic carboxylic acids is 1. The van der Waals surface area contributed by atoms with Gasteiger partial charge in [-0.05, 0) is 26.0 Å². The van der Waals surface area contributed by atoms with E-state index in [4.69, 9.17) is 0 Å². The van der Waals surface area contributed by atoms with Crippen molar-refractivity contribution in [3.8, 4) is 0 Å². The summed E-state index contributed by atoms with van der Waals surface area (Å²) < 4.78 is 0. The van der Waals surface area contributed by atoms with Crippen molar-refractivity contribution in [2.24, 2.45) is 0 Å². The molecule has 2 amide bonds. The number of nitrogens with one attached hydrogen (secondary N) is 1. The molecule has 21 heavy (non-hydrogen) atoms. The first-order valence-corrected chi connectivity index (χ1v) is 7.87. The predicted molar refractivity (Wildman–Crippen MR) is 83.5 cm³/mol. The molecule has 1 fully saturated rings. The number of hydrogen-bond acceptors (Lipinski definition) is 4. The Morgan fingerprint density at radius 2 is 1.86 bits per heavy atom. The van der Waals surface area contributed by atoms with E-state index in [1.54, 1.807) is 11.8 Å². The number of nitrogens with zero attached hydrogens (tertiary/aromatic N) is 2. The Labute approximate surface area is 128 Å². The smallest absolute Gasteiger partial charge is 0.338 e. The van der Waals surface area contributed by atoms with E-state index in [1.165, 1.54) is 11.3 Å². The van der Waals surface area contributed by atoms with Gasteiger partial charge in [-0.2, -0.15) is 0 Å². The van der Waals surface area contributed by atoms with E-state index in [1.807, 2.05) is 6.92 Å². The maximum absolute atomic E-state index is 12.3. The Morgan fingerprint density at radius 1 is 1.24 bits per heavy atom.